The molecule has 0 saturated carbocycles. The van der Waals surface area contributed by atoms with E-state index in [1.165, 1.54) is 0 Å². The molecule has 21 heavy (non-hydrogen) atoms. The van der Waals surface area contributed by atoms with Gasteiger partial charge in [-0.3, -0.25) is 9.78 Å². The van der Waals surface area contributed by atoms with Crippen LogP contribution in [0.4, 0.5) is 0 Å². The number of pyridine rings is 1. The number of hydrogen-bond acceptors (Lipinski definition) is 3. The number of fused-ring (bicyclic) bond motifs is 1. The number of hydrogen-bond donors (Lipinski definition) is 2. The lowest BCUT2D eigenvalue weighted by molar-refractivity contribution is 0.0955. The van der Waals surface area contributed by atoms with Gasteiger partial charge in [0.2, 0.25) is 0 Å². The molecule has 0 saturated heterocycles. The third kappa shape index (κ3) is 3.79. The third-order valence-corrected chi connectivity index (χ3v) is 3.41. The van der Waals surface area contributed by atoms with Crippen LogP contribution in [0.1, 0.15) is 42.7 Å². The van der Waals surface area contributed by atoms with E-state index in [2.05, 4.69) is 29.5 Å². The van der Waals surface area contributed by atoms with E-state index in [9.17, 15) is 4.79 Å². The van der Waals surface area contributed by atoms with Crippen LogP contribution in [-0.2, 0) is 0 Å². The van der Waals surface area contributed by atoms with E-state index in [1.807, 2.05) is 37.3 Å². The molecule has 4 nitrogen and oxygen atoms in total. The lowest BCUT2D eigenvalue weighted by atomic mass is 10.0. The summed E-state index contributed by atoms with van der Waals surface area (Å²) in [7, 11) is 0. The number of carbonyl (C=O) groups is 1. The summed E-state index contributed by atoms with van der Waals surface area (Å²) in [6, 6.07) is 9.71. The molecule has 0 aliphatic rings. The number of nitrogens with one attached hydrogen (secondary N) is 2. The van der Waals surface area contributed by atoms with Crippen molar-refractivity contribution in [3.63, 3.8) is 0 Å². The van der Waals surface area contributed by atoms with Gasteiger partial charge < -0.3 is 10.6 Å². The van der Waals surface area contributed by atoms with Crippen molar-refractivity contribution >= 4 is 16.8 Å². The van der Waals surface area contributed by atoms with Crippen molar-refractivity contribution in [3.05, 3.63) is 41.6 Å². The van der Waals surface area contributed by atoms with Crippen LogP contribution in [-0.4, -0.2) is 30.5 Å². The Hall–Kier alpha value is -1.94. The molecule has 1 amide bonds. The summed E-state index contributed by atoms with van der Waals surface area (Å²) < 4.78 is 0. The van der Waals surface area contributed by atoms with Crippen molar-refractivity contribution in [3.8, 4) is 0 Å². The van der Waals surface area contributed by atoms with Crippen LogP contribution in [0.2, 0.25) is 0 Å². The first kappa shape index (κ1) is 15.4. The maximum Gasteiger partial charge on any atom is 0.252 e. The van der Waals surface area contributed by atoms with Crippen molar-refractivity contribution in [1.82, 2.24) is 15.6 Å². The average Bonchev–Trinajstić information content (AvgIpc) is 2.50. The lowest BCUT2D eigenvalue weighted by Gasteiger charge is -2.12. The number of benzene rings is 1. The third-order valence-electron chi connectivity index (χ3n) is 3.41. The van der Waals surface area contributed by atoms with E-state index in [-0.39, 0.29) is 5.91 Å². The predicted octanol–water partition coefficient (Wildman–Crippen LogP) is 2.70. The Labute approximate surface area is 126 Å². The van der Waals surface area contributed by atoms with Crippen LogP contribution < -0.4 is 10.6 Å². The summed E-state index contributed by atoms with van der Waals surface area (Å²) in [6.45, 7) is 8.54. The minimum Gasteiger partial charge on any atom is -0.351 e. The number of rotatable bonds is 6. The van der Waals surface area contributed by atoms with Gasteiger partial charge in [-0.2, -0.15) is 0 Å². The summed E-state index contributed by atoms with van der Waals surface area (Å²) >= 11 is 0. The Morgan fingerprint density at radius 3 is 2.71 bits per heavy atom. The van der Waals surface area contributed by atoms with Crippen molar-refractivity contribution in [2.45, 2.75) is 26.7 Å². The number of likely N-dealkylation sites (N-methyl/N-ethyl adjacent to an activating group) is 1. The molecule has 1 aromatic heterocycles. The fourth-order valence-corrected chi connectivity index (χ4v) is 2.22. The lowest BCUT2D eigenvalue weighted by Crippen LogP contribution is -2.32. The normalized spacial score (nSPS) is 11.0. The molecule has 4 heteroatoms. The zero-order valence-electron chi connectivity index (χ0n) is 12.9. The van der Waals surface area contributed by atoms with Gasteiger partial charge in [0.15, 0.2) is 0 Å². The quantitative estimate of drug-likeness (QED) is 0.802. The Bertz CT molecular complexity index is 622. The van der Waals surface area contributed by atoms with Gasteiger partial charge in [-0.1, -0.05) is 39.0 Å². The number of carbonyl (C=O) groups excluding carboxylic acids is 1. The van der Waals surface area contributed by atoms with Crippen molar-refractivity contribution < 1.29 is 4.79 Å². The fraction of sp³-hybridized carbons (Fsp3) is 0.412. The molecule has 0 fully saturated rings. The summed E-state index contributed by atoms with van der Waals surface area (Å²) in [5.74, 6) is 0.260. The predicted molar refractivity (Wildman–Crippen MR) is 86.7 cm³/mol. The minimum absolute atomic E-state index is 0.0339. The second kappa shape index (κ2) is 7.18. The van der Waals surface area contributed by atoms with Crippen LogP contribution in [0.3, 0.4) is 0 Å². The first-order chi connectivity index (χ1) is 10.1. The van der Waals surface area contributed by atoms with Crippen molar-refractivity contribution in [2.75, 3.05) is 19.6 Å². The van der Waals surface area contributed by atoms with Crippen LogP contribution in [0.5, 0.6) is 0 Å². The van der Waals surface area contributed by atoms with Crippen LogP contribution in [0, 0.1) is 0 Å². The molecular formula is C17H23N3O. The smallest absolute Gasteiger partial charge is 0.252 e. The van der Waals surface area contributed by atoms with Gasteiger partial charge in [0.1, 0.15) is 0 Å². The molecule has 112 valence electrons. The molecule has 2 rings (SSSR count). The highest BCUT2D eigenvalue weighted by atomic mass is 16.1. The standard InChI is InChI=1S/C17H23N3O/c1-4-18-9-10-19-17(21)14-11-16(12(2)3)20-15-8-6-5-7-13(14)15/h5-8,11-12,18H,4,9-10H2,1-3H3,(H,19,21). The van der Waals surface area contributed by atoms with Crippen LogP contribution in [0.25, 0.3) is 10.9 Å². The number of nitrogens with zero attached hydrogens (tertiary/aromatic N) is 1. The molecule has 0 radical (unpaired) electrons. The van der Waals surface area contributed by atoms with E-state index >= 15 is 0 Å². The molecule has 0 aliphatic carbocycles. The minimum atomic E-state index is -0.0339. The highest BCUT2D eigenvalue weighted by Crippen LogP contribution is 2.22. The van der Waals surface area contributed by atoms with Gasteiger partial charge in [-0.05, 0) is 24.6 Å². The molecule has 0 atom stereocenters. The Kier molecular flexibility index (Phi) is 5.28. The van der Waals surface area contributed by atoms with Gasteiger partial charge in [0.05, 0.1) is 11.1 Å². The largest absolute Gasteiger partial charge is 0.351 e. The second-order valence-electron chi connectivity index (χ2n) is 5.38. The number of aromatic nitrogens is 1. The van der Waals surface area contributed by atoms with E-state index in [4.69, 9.17) is 0 Å². The monoisotopic (exact) mass is 285 g/mol. The van der Waals surface area contributed by atoms with Crippen LogP contribution in [0.15, 0.2) is 30.3 Å². The summed E-state index contributed by atoms with van der Waals surface area (Å²) in [6.07, 6.45) is 0. The SMILES string of the molecule is CCNCCNC(=O)c1cc(C(C)C)nc2ccccc12. The van der Waals surface area contributed by atoms with Gasteiger partial charge in [-0.15, -0.1) is 0 Å². The maximum atomic E-state index is 12.4. The van der Waals surface area contributed by atoms with Gasteiger partial charge in [-0.25, -0.2) is 0 Å². The van der Waals surface area contributed by atoms with Gasteiger partial charge in [0, 0.05) is 24.2 Å². The maximum absolute atomic E-state index is 12.4. The second-order valence-corrected chi connectivity index (χ2v) is 5.38. The molecule has 2 aromatic rings. The van der Waals surface area contributed by atoms with Crippen LogP contribution >= 0.6 is 0 Å². The molecule has 0 unspecified atom stereocenters. The molecule has 0 bridgehead atoms. The Morgan fingerprint density at radius 1 is 1.24 bits per heavy atom. The highest BCUT2D eigenvalue weighted by Gasteiger charge is 2.13. The number of amides is 1. The highest BCUT2D eigenvalue weighted by molar-refractivity contribution is 6.06. The van der Waals surface area contributed by atoms with E-state index < -0.39 is 0 Å². The first-order valence-corrected chi connectivity index (χ1v) is 7.52. The summed E-state index contributed by atoms with van der Waals surface area (Å²) in [5.41, 5.74) is 2.53. The van der Waals surface area contributed by atoms with Crippen molar-refractivity contribution in [2.24, 2.45) is 0 Å². The van der Waals surface area contributed by atoms with Gasteiger partial charge in [0.25, 0.3) is 5.91 Å². The molecule has 1 heterocycles. The fourth-order valence-electron chi connectivity index (χ4n) is 2.22. The Morgan fingerprint density at radius 2 is 2.00 bits per heavy atom. The zero-order chi connectivity index (χ0) is 15.2. The molecule has 0 aliphatic heterocycles. The molecule has 1 aromatic carbocycles. The first-order valence-electron chi connectivity index (χ1n) is 7.52. The topological polar surface area (TPSA) is 54.0 Å². The Balaban J connectivity index is 2.30. The molecule has 0 spiro atoms. The van der Waals surface area contributed by atoms with E-state index in [0.717, 1.165) is 29.7 Å². The van der Waals surface area contributed by atoms with E-state index in [1.54, 1.807) is 0 Å². The molecular weight excluding hydrogens is 262 g/mol. The summed E-state index contributed by atoms with van der Waals surface area (Å²) in [4.78, 5) is 17.1. The summed E-state index contributed by atoms with van der Waals surface area (Å²) in [5, 5.41) is 7.06. The number of para-hydroxylation sites is 1. The average molecular weight is 285 g/mol. The van der Waals surface area contributed by atoms with Crippen molar-refractivity contribution in [1.29, 1.82) is 0 Å². The zero-order valence-corrected chi connectivity index (χ0v) is 12.9. The van der Waals surface area contributed by atoms with E-state index in [0.29, 0.717) is 18.0 Å². The van der Waals surface area contributed by atoms with Gasteiger partial charge >= 0.3 is 0 Å². The molecule has 2 N–H and O–H groups in total.